The van der Waals surface area contributed by atoms with E-state index in [1.807, 2.05) is 0 Å². The molecule has 5 heteroatoms. The van der Waals surface area contributed by atoms with Crippen LogP contribution in [0.15, 0.2) is 24.5 Å². The highest BCUT2D eigenvalue weighted by molar-refractivity contribution is 8.00. The molecule has 1 atom stereocenters. The molecule has 0 amide bonds. The molecule has 4 nitrogen and oxygen atoms in total. The number of carboxylic acid groups (broad SMARTS) is 1. The van der Waals surface area contributed by atoms with Gasteiger partial charge in [0, 0.05) is 24.7 Å². The van der Waals surface area contributed by atoms with Crippen molar-refractivity contribution in [1.29, 1.82) is 0 Å². The lowest BCUT2D eigenvalue weighted by Gasteiger charge is -2.24. The highest BCUT2D eigenvalue weighted by atomic mass is 32.2. The summed E-state index contributed by atoms with van der Waals surface area (Å²) in [6.45, 7) is 2.16. The Hall–Kier alpha value is -1.07. The summed E-state index contributed by atoms with van der Waals surface area (Å²) in [7, 11) is 0. The summed E-state index contributed by atoms with van der Waals surface area (Å²) >= 11 is 1.33. The molecule has 0 saturated carbocycles. The van der Waals surface area contributed by atoms with Crippen molar-refractivity contribution in [2.24, 2.45) is 5.73 Å². The SMILES string of the molecule is CC(SCCN)(C(=O)O)c1ccncc1. The van der Waals surface area contributed by atoms with E-state index in [1.165, 1.54) is 11.8 Å². The lowest BCUT2D eigenvalue weighted by Crippen LogP contribution is -2.30. The van der Waals surface area contributed by atoms with Gasteiger partial charge in [0.1, 0.15) is 4.75 Å². The molecule has 0 fully saturated rings. The molecule has 0 spiro atoms. The summed E-state index contributed by atoms with van der Waals surface area (Å²) in [4.78, 5) is 15.1. The van der Waals surface area contributed by atoms with Crippen LogP contribution in [0.4, 0.5) is 0 Å². The van der Waals surface area contributed by atoms with Crippen molar-refractivity contribution in [3.8, 4) is 0 Å². The Morgan fingerprint density at radius 1 is 1.60 bits per heavy atom. The molecule has 1 unspecified atom stereocenters. The van der Waals surface area contributed by atoms with Crippen LogP contribution in [0.25, 0.3) is 0 Å². The predicted molar refractivity (Wildman–Crippen MR) is 60.7 cm³/mol. The number of aliphatic carboxylic acids is 1. The summed E-state index contributed by atoms with van der Waals surface area (Å²) in [6.07, 6.45) is 3.19. The number of nitrogens with zero attached hydrogens (tertiary/aromatic N) is 1. The van der Waals surface area contributed by atoms with E-state index in [9.17, 15) is 9.90 Å². The molecule has 1 rings (SSSR count). The number of rotatable bonds is 5. The summed E-state index contributed by atoms with van der Waals surface area (Å²) in [5, 5.41) is 9.23. The minimum atomic E-state index is -0.942. The average molecular weight is 226 g/mol. The lowest BCUT2D eigenvalue weighted by atomic mass is 10.0. The summed E-state index contributed by atoms with van der Waals surface area (Å²) in [5.41, 5.74) is 6.13. The number of nitrogens with two attached hydrogens (primary N) is 1. The van der Waals surface area contributed by atoms with Crippen molar-refractivity contribution < 1.29 is 9.90 Å². The van der Waals surface area contributed by atoms with Crippen LogP contribution in [-0.4, -0.2) is 28.4 Å². The molecule has 15 heavy (non-hydrogen) atoms. The van der Waals surface area contributed by atoms with E-state index in [0.717, 1.165) is 5.56 Å². The third-order valence-corrected chi connectivity index (χ3v) is 3.58. The second-order valence-electron chi connectivity index (χ2n) is 3.21. The van der Waals surface area contributed by atoms with Gasteiger partial charge in [-0.1, -0.05) is 0 Å². The topological polar surface area (TPSA) is 76.2 Å². The second-order valence-corrected chi connectivity index (χ2v) is 4.72. The summed E-state index contributed by atoms with van der Waals surface area (Å²) in [5.74, 6) is -0.238. The normalized spacial score (nSPS) is 14.5. The number of hydrogen-bond donors (Lipinski definition) is 2. The van der Waals surface area contributed by atoms with Crippen LogP contribution in [0.1, 0.15) is 12.5 Å². The largest absolute Gasteiger partial charge is 0.480 e. The van der Waals surface area contributed by atoms with E-state index in [1.54, 1.807) is 31.5 Å². The smallest absolute Gasteiger partial charge is 0.324 e. The van der Waals surface area contributed by atoms with Gasteiger partial charge in [-0.15, -0.1) is 11.8 Å². The Kier molecular flexibility index (Phi) is 4.11. The third-order valence-electron chi connectivity index (χ3n) is 2.15. The van der Waals surface area contributed by atoms with Crippen molar-refractivity contribution in [2.75, 3.05) is 12.3 Å². The maximum atomic E-state index is 11.2. The highest BCUT2D eigenvalue weighted by Gasteiger charge is 2.35. The van der Waals surface area contributed by atoms with E-state index in [-0.39, 0.29) is 0 Å². The van der Waals surface area contributed by atoms with Gasteiger partial charge in [-0.05, 0) is 24.6 Å². The van der Waals surface area contributed by atoms with Crippen LogP contribution in [0.2, 0.25) is 0 Å². The van der Waals surface area contributed by atoms with Gasteiger partial charge in [0.2, 0.25) is 0 Å². The molecule has 0 aliphatic rings. The number of hydrogen-bond acceptors (Lipinski definition) is 4. The average Bonchev–Trinajstić information content (AvgIpc) is 2.27. The fourth-order valence-electron chi connectivity index (χ4n) is 1.20. The van der Waals surface area contributed by atoms with Crippen LogP contribution in [0, 0.1) is 0 Å². The van der Waals surface area contributed by atoms with E-state index in [2.05, 4.69) is 4.98 Å². The Morgan fingerprint density at radius 3 is 2.67 bits per heavy atom. The molecule has 1 heterocycles. The van der Waals surface area contributed by atoms with E-state index < -0.39 is 10.7 Å². The van der Waals surface area contributed by atoms with Crippen LogP contribution in [0.3, 0.4) is 0 Å². The molecular weight excluding hydrogens is 212 g/mol. The number of aromatic nitrogens is 1. The molecule has 0 aromatic carbocycles. The minimum absolute atomic E-state index is 0.471. The van der Waals surface area contributed by atoms with Crippen LogP contribution in [0.5, 0.6) is 0 Å². The molecule has 82 valence electrons. The fourth-order valence-corrected chi connectivity index (χ4v) is 2.15. The summed E-state index contributed by atoms with van der Waals surface area (Å²) in [6, 6.07) is 3.44. The second kappa shape index (κ2) is 5.14. The Morgan fingerprint density at radius 2 is 2.20 bits per heavy atom. The first-order chi connectivity index (χ1) is 7.11. The number of thioether (sulfide) groups is 1. The van der Waals surface area contributed by atoms with Gasteiger partial charge in [-0.2, -0.15) is 0 Å². The van der Waals surface area contributed by atoms with Gasteiger partial charge >= 0.3 is 5.97 Å². The monoisotopic (exact) mass is 226 g/mol. The predicted octanol–water partition coefficient (Wildman–Crippen LogP) is 1.07. The zero-order chi connectivity index (χ0) is 11.3. The van der Waals surface area contributed by atoms with Crippen LogP contribution < -0.4 is 5.73 Å². The first-order valence-corrected chi connectivity index (χ1v) is 5.57. The molecule has 3 N–H and O–H groups in total. The Balaban J connectivity index is 2.96. The molecule has 0 saturated heterocycles. The van der Waals surface area contributed by atoms with Gasteiger partial charge in [0.25, 0.3) is 0 Å². The maximum Gasteiger partial charge on any atom is 0.324 e. The quantitative estimate of drug-likeness (QED) is 0.785. The maximum absolute atomic E-state index is 11.2. The van der Waals surface area contributed by atoms with E-state index in [0.29, 0.717) is 12.3 Å². The van der Waals surface area contributed by atoms with E-state index >= 15 is 0 Å². The molecule has 1 aromatic heterocycles. The highest BCUT2D eigenvalue weighted by Crippen LogP contribution is 2.35. The lowest BCUT2D eigenvalue weighted by molar-refractivity contribution is -0.139. The van der Waals surface area contributed by atoms with E-state index in [4.69, 9.17) is 5.73 Å². The minimum Gasteiger partial charge on any atom is -0.480 e. The number of carboxylic acids is 1. The molecule has 0 radical (unpaired) electrons. The Bertz CT molecular complexity index is 331. The first-order valence-electron chi connectivity index (χ1n) is 4.59. The van der Waals surface area contributed by atoms with Crippen molar-refractivity contribution in [3.63, 3.8) is 0 Å². The molecule has 0 bridgehead atoms. The molecule has 1 aromatic rings. The fraction of sp³-hybridized carbons (Fsp3) is 0.400. The van der Waals surface area contributed by atoms with Gasteiger partial charge in [-0.25, -0.2) is 0 Å². The van der Waals surface area contributed by atoms with Crippen molar-refractivity contribution >= 4 is 17.7 Å². The zero-order valence-corrected chi connectivity index (χ0v) is 9.33. The van der Waals surface area contributed by atoms with Gasteiger partial charge in [0.05, 0.1) is 0 Å². The Labute approximate surface area is 92.9 Å². The molecular formula is C10H14N2O2S. The van der Waals surface area contributed by atoms with Gasteiger partial charge < -0.3 is 10.8 Å². The van der Waals surface area contributed by atoms with Crippen LogP contribution in [-0.2, 0) is 9.54 Å². The molecule has 0 aliphatic heterocycles. The van der Waals surface area contributed by atoms with Gasteiger partial charge in [-0.3, -0.25) is 9.78 Å². The number of pyridine rings is 1. The van der Waals surface area contributed by atoms with Crippen molar-refractivity contribution in [1.82, 2.24) is 4.98 Å². The summed E-state index contributed by atoms with van der Waals surface area (Å²) < 4.78 is -0.942. The van der Waals surface area contributed by atoms with Crippen molar-refractivity contribution in [3.05, 3.63) is 30.1 Å². The third kappa shape index (κ3) is 2.70. The first kappa shape index (κ1) is 12.0. The van der Waals surface area contributed by atoms with Gasteiger partial charge in [0.15, 0.2) is 0 Å². The zero-order valence-electron chi connectivity index (χ0n) is 8.51. The van der Waals surface area contributed by atoms with Crippen molar-refractivity contribution in [2.45, 2.75) is 11.7 Å². The number of carbonyl (C=O) groups is 1. The molecule has 0 aliphatic carbocycles. The van der Waals surface area contributed by atoms with Crippen LogP contribution >= 0.6 is 11.8 Å². The standard InChI is InChI=1S/C10H14N2O2S/c1-10(9(13)14,15-7-4-11)8-2-5-12-6-3-8/h2-3,5-6H,4,7,11H2,1H3,(H,13,14).